The molecule has 0 fully saturated rings. The van der Waals surface area contributed by atoms with Gasteiger partial charge in [0.15, 0.2) is 0 Å². The summed E-state index contributed by atoms with van der Waals surface area (Å²) in [6.45, 7) is 2.91. The van der Waals surface area contributed by atoms with E-state index in [1.54, 1.807) is 0 Å². The van der Waals surface area contributed by atoms with Crippen molar-refractivity contribution in [3.8, 4) is 0 Å². The smallest absolute Gasteiger partial charge is 0.110 e. The molecule has 0 aliphatic rings. The van der Waals surface area contributed by atoms with Gasteiger partial charge in [0.1, 0.15) is 5.67 Å². The molecule has 2 heteroatoms. The Morgan fingerprint density at radius 2 is 2.14 bits per heavy atom. The number of alkyl halides is 1. The molecule has 0 saturated carbocycles. The molecule has 0 unspecified atom stereocenters. The number of hydrogen-bond acceptors (Lipinski definition) is 1. The van der Waals surface area contributed by atoms with E-state index in [9.17, 15) is 4.39 Å². The molecule has 1 N–H and O–H groups in total. The quantitative estimate of drug-likeness (QED) is 0.515. The maximum absolute atomic E-state index is 12.2. The van der Waals surface area contributed by atoms with Gasteiger partial charge in [-0.15, -0.1) is 0 Å². The Bertz CT molecular complexity index is 63.0. The van der Waals surface area contributed by atoms with Crippen LogP contribution in [0.4, 0.5) is 4.39 Å². The van der Waals surface area contributed by atoms with Gasteiger partial charge in [-0.1, -0.05) is 0 Å². The maximum atomic E-state index is 12.2. The number of nitrogens with one attached hydrogen (secondary N) is 1. The van der Waals surface area contributed by atoms with E-state index in [-0.39, 0.29) is 6.42 Å². The lowest BCUT2D eigenvalue weighted by atomic mass is 10.1. The van der Waals surface area contributed by atoms with Gasteiger partial charge in [0.2, 0.25) is 0 Å². The van der Waals surface area contributed by atoms with E-state index in [0.29, 0.717) is 0 Å². The molecular formula is C5H10FN. The summed E-state index contributed by atoms with van der Waals surface area (Å²) in [5, 5.41) is 6.49. The van der Waals surface area contributed by atoms with Gasteiger partial charge in [0.25, 0.3) is 0 Å². The number of halogens is 1. The Balaban J connectivity index is 3.34. The van der Waals surface area contributed by atoms with Gasteiger partial charge in [-0.2, -0.15) is 0 Å². The number of rotatable bonds is 2. The molecule has 0 bridgehead atoms. The molecule has 0 aliphatic heterocycles. The molecule has 0 spiro atoms. The van der Waals surface area contributed by atoms with E-state index in [1.165, 1.54) is 13.8 Å². The topological polar surface area (TPSA) is 23.9 Å². The first-order valence-corrected chi connectivity index (χ1v) is 2.24. The second-order valence-electron chi connectivity index (χ2n) is 2.13. The zero-order valence-corrected chi connectivity index (χ0v) is 4.66. The van der Waals surface area contributed by atoms with Gasteiger partial charge in [0, 0.05) is 6.42 Å². The molecule has 0 amide bonds. The molecule has 0 aromatic rings. The van der Waals surface area contributed by atoms with Crippen molar-refractivity contribution in [3.05, 3.63) is 0 Å². The minimum Gasteiger partial charge on any atom is -0.313 e. The summed E-state index contributed by atoms with van der Waals surface area (Å²) < 4.78 is 12.2. The molecule has 0 saturated heterocycles. The Morgan fingerprint density at radius 3 is 2.14 bits per heavy atom. The fraction of sp³-hybridized carbons (Fsp3) is 0.800. The third kappa shape index (κ3) is 5.60. The minimum atomic E-state index is -1.19. The highest BCUT2D eigenvalue weighted by Gasteiger charge is 2.11. The van der Waals surface area contributed by atoms with Crippen molar-refractivity contribution in [2.45, 2.75) is 25.9 Å². The first-order chi connectivity index (χ1) is 3.06. The van der Waals surface area contributed by atoms with Crippen LogP contribution in [0.5, 0.6) is 0 Å². The van der Waals surface area contributed by atoms with Crippen LogP contribution in [0.15, 0.2) is 0 Å². The van der Waals surface area contributed by atoms with E-state index in [4.69, 9.17) is 5.41 Å². The predicted octanol–water partition coefficient (Wildman–Crippen LogP) is 1.77. The van der Waals surface area contributed by atoms with Crippen LogP contribution in [0.2, 0.25) is 0 Å². The predicted molar refractivity (Wildman–Crippen MR) is 28.6 cm³/mol. The van der Waals surface area contributed by atoms with E-state index >= 15 is 0 Å². The lowest BCUT2D eigenvalue weighted by Gasteiger charge is -2.07. The standard InChI is InChI=1S/C5H10FN/c1-5(2,6)3-4-7/h4,7H,3H2,1-2H3. The molecule has 0 aromatic carbocycles. The third-order valence-corrected chi connectivity index (χ3v) is 0.587. The van der Waals surface area contributed by atoms with Crippen molar-refractivity contribution in [2.24, 2.45) is 0 Å². The SMILES string of the molecule is CC(C)(F)CC=N. The summed E-state index contributed by atoms with van der Waals surface area (Å²) in [5.74, 6) is 0. The van der Waals surface area contributed by atoms with Crippen LogP contribution in [0.3, 0.4) is 0 Å². The van der Waals surface area contributed by atoms with Crippen LogP contribution in [0.1, 0.15) is 20.3 Å². The Labute approximate surface area is 43.0 Å². The molecular weight excluding hydrogens is 93.1 g/mol. The lowest BCUT2D eigenvalue weighted by Crippen LogP contribution is -2.10. The van der Waals surface area contributed by atoms with Crippen molar-refractivity contribution >= 4 is 6.21 Å². The van der Waals surface area contributed by atoms with E-state index in [2.05, 4.69) is 0 Å². The first kappa shape index (κ1) is 6.60. The Morgan fingerprint density at radius 1 is 1.71 bits per heavy atom. The van der Waals surface area contributed by atoms with Crippen LogP contribution in [-0.2, 0) is 0 Å². The van der Waals surface area contributed by atoms with Crippen LogP contribution in [0.25, 0.3) is 0 Å². The largest absolute Gasteiger partial charge is 0.313 e. The molecule has 0 heterocycles. The van der Waals surface area contributed by atoms with Crippen molar-refractivity contribution in [1.82, 2.24) is 0 Å². The normalized spacial score (nSPS) is 11.3. The molecule has 0 aromatic heterocycles. The van der Waals surface area contributed by atoms with Crippen molar-refractivity contribution in [2.75, 3.05) is 0 Å². The summed E-state index contributed by atoms with van der Waals surface area (Å²) in [6.07, 6.45) is 1.30. The Kier molecular flexibility index (Phi) is 1.93. The molecule has 0 aliphatic carbocycles. The van der Waals surface area contributed by atoms with Crippen LogP contribution >= 0.6 is 0 Å². The van der Waals surface area contributed by atoms with E-state index in [1.807, 2.05) is 0 Å². The summed E-state index contributed by atoms with van der Waals surface area (Å²) in [6, 6.07) is 0. The lowest BCUT2D eigenvalue weighted by molar-refractivity contribution is 0.229. The van der Waals surface area contributed by atoms with Gasteiger partial charge in [-0.3, -0.25) is 0 Å². The van der Waals surface area contributed by atoms with Gasteiger partial charge in [0.05, 0.1) is 0 Å². The minimum absolute atomic E-state index is 0.215. The van der Waals surface area contributed by atoms with Gasteiger partial charge < -0.3 is 5.41 Å². The maximum Gasteiger partial charge on any atom is 0.110 e. The number of hydrogen-bond donors (Lipinski definition) is 1. The van der Waals surface area contributed by atoms with Gasteiger partial charge in [-0.05, 0) is 20.1 Å². The molecule has 0 radical (unpaired) electrons. The fourth-order valence-corrected chi connectivity index (χ4v) is 0.243. The van der Waals surface area contributed by atoms with E-state index in [0.717, 1.165) is 6.21 Å². The highest BCUT2D eigenvalue weighted by Crippen LogP contribution is 2.10. The third-order valence-electron chi connectivity index (χ3n) is 0.587. The Hall–Kier alpha value is -0.400. The van der Waals surface area contributed by atoms with Crippen LogP contribution in [0, 0.1) is 5.41 Å². The monoisotopic (exact) mass is 103 g/mol. The molecule has 0 rings (SSSR count). The average molecular weight is 103 g/mol. The highest BCUT2D eigenvalue weighted by molar-refractivity contribution is 5.54. The fourth-order valence-electron chi connectivity index (χ4n) is 0.243. The zero-order valence-electron chi connectivity index (χ0n) is 4.66. The summed E-state index contributed by atoms with van der Waals surface area (Å²) in [5.41, 5.74) is -1.19. The summed E-state index contributed by atoms with van der Waals surface area (Å²) in [7, 11) is 0. The van der Waals surface area contributed by atoms with Crippen molar-refractivity contribution in [3.63, 3.8) is 0 Å². The summed E-state index contributed by atoms with van der Waals surface area (Å²) in [4.78, 5) is 0. The first-order valence-electron chi connectivity index (χ1n) is 2.24. The van der Waals surface area contributed by atoms with Crippen molar-refractivity contribution in [1.29, 1.82) is 5.41 Å². The second-order valence-corrected chi connectivity index (χ2v) is 2.13. The highest BCUT2D eigenvalue weighted by atomic mass is 19.1. The van der Waals surface area contributed by atoms with E-state index < -0.39 is 5.67 Å². The second kappa shape index (κ2) is 2.05. The zero-order chi connectivity index (χ0) is 5.91. The van der Waals surface area contributed by atoms with Crippen LogP contribution < -0.4 is 0 Å². The molecule has 42 valence electrons. The molecule has 1 nitrogen and oxygen atoms in total. The van der Waals surface area contributed by atoms with Gasteiger partial charge >= 0.3 is 0 Å². The average Bonchev–Trinajstić information content (AvgIpc) is 1.30. The molecule has 7 heavy (non-hydrogen) atoms. The van der Waals surface area contributed by atoms with Gasteiger partial charge in [-0.25, -0.2) is 4.39 Å². The van der Waals surface area contributed by atoms with Crippen molar-refractivity contribution < 1.29 is 4.39 Å². The molecule has 0 atom stereocenters. The summed E-state index contributed by atoms with van der Waals surface area (Å²) >= 11 is 0. The van der Waals surface area contributed by atoms with Crippen LogP contribution in [-0.4, -0.2) is 11.9 Å².